The van der Waals surface area contributed by atoms with Crippen LogP contribution in [0.1, 0.15) is 187 Å². The quantitative estimate of drug-likeness (QED) is 0.135. The van der Waals surface area contributed by atoms with Crippen LogP contribution in [0.4, 0.5) is 17.3 Å². The van der Waals surface area contributed by atoms with Crippen LogP contribution in [0.2, 0.25) is 0 Å². The SMILES string of the molecule is C[C@H]([C]1[CH][CH][CH][C]1P(C1CCCCC1)C1CCCCC1)P(C1CCCCC1)C1CCCCC1.F[B-](F)(F)F.[CH]1[CH]CC[CH][CH]CC1.[CH]1[CH]CC[CH][CH]CC1.[CH]1[CH][CH][CH][CH]1.[Fe+2].[Rh].[Rh]. The van der Waals surface area contributed by atoms with Gasteiger partial charge in [-0.15, -0.1) is 0 Å². The van der Waals surface area contributed by atoms with E-state index in [4.69, 9.17) is 0 Å². The van der Waals surface area contributed by atoms with E-state index in [0.29, 0.717) is 0 Å². The molecule has 0 N–H and O–H groups in total. The van der Waals surface area contributed by atoms with Gasteiger partial charge in [0.05, 0.1) is 0 Å². The van der Waals surface area contributed by atoms with Crippen molar-refractivity contribution in [2.75, 3.05) is 0 Å². The third kappa shape index (κ3) is 27.0. The monoisotopic (exact) mass is 1120 g/mol. The van der Waals surface area contributed by atoms with E-state index in [1.54, 1.807) is 51.4 Å². The summed E-state index contributed by atoms with van der Waals surface area (Å²) in [5.74, 6) is 1.87. The maximum atomic E-state index is 9.75. The molecule has 1 atom stereocenters. The molecule has 8 aliphatic rings. The number of halogens is 4. The summed E-state index contributed by atoms with van der Waals surface area (Å²) in [7, 11) is -5.83. The van der Waals surface area contributed by atoms with Gasteiger partial charge in [0.15, 0.2) is 0 Å². The third-order valence-electron chi connectivity index (χ3n) is 13.2. The Kier molecular flexibility index (Phi) is 39.4. The molecule has 0 unspecified atom stereocenters. The van der Waals surface area contributed by atoms with E-state index >= 15 is 0 Å². The second-order valence-electron chi connectivity index (χ2n) is 17.7. The van der Waals surface area contributed by atoms with Crippen molar-refractivity contribution in [3.05, 3.63) is 114 Å². The van der Waals surface area contributed by atoms with E-state index in [1.807, 2.05) is 43.7 Å². The molecule has 0 amide bonds. The van der Waals surface area contributed by atoms with E-state index in [1.165, 1.54) is 128 Å². The predicted octanol–water partition coefficient (Wildman–Crippen LogP) is 17.5. The normalized spacial score (nSPS) is 25.0. The second kappa shape index (κ2) is 39.2. The maximum absolute atomic E-state index is 9.75. The van der Waals surface area contributed by atoms with Crippen LogP contribution in [0.15, 0.2) is 0 Å². The fourth-order valence-corrected chi connectivity index (χ4v) is 18.8. The molecule has 0 heterocycles. The van der Waals surface area contributed by atoms with E-state index in [-0.39, 0.29) is 71.9 Å². The molecule has 0 aliphatic heterocycles. The molecule has 0 nitrogen and oxygen atoms in total. The van der Waals surface area contributed by atoms with Gasteiger partial charge in [0.25, 0.3) is 0 Å². The zero-order valence-electron chi connectivity index (χ0n) is 37.9. The Hall–Kier alpha value is 2.41. The van der Waals surface area contributed by atoms with Crippen LogP contribution < -0.4 is 0 Å². The maximum Gasteiger partial charge on any atom is 2.00 e. The molecule has 354 valence electrons. The molecule has 10 heteroatoms. The molecule has 0 aromatic heterocycles. The molecule has 8 aliphatic carbocycles. The first-order chi connectivity index (χ1) is 28.8. The van der Waals surface area contributed by atoms with Gasteiger partial charge in [0.2, 0.25) is 0 Å². The standard InChI is InChI=1S/C31H51P2.2C8H12.C5H5.BF4.Fe.2Rh/c1-25(32(26-15-6-2-7-16-26)27-17-8-3-9-18-27)30-23-14-24-31(30)33(28-19-10-4-11-20-28)29-21-12-5-13-22-29;2*1-2-4-6-8-7-5-3-1;1-2-4-5-3-1;2-1(3,4)5;;;/h14,23-29H,2-13,15-22H2,1H3;2*1-2,7-8H,3-6H2;1-5H;;;;/q;;;;-1;+2;;/t25-;;;;;;;/m1......./s1. The first-order valence-corrected chi connectivity index (χ1v) is 27.3. The van der Waals surface area contributed by atoms with Crippen molar-refractivity contribution in [3.63, 3.8) is 0 Å². The molecule has 8 saturated carbocycles. The van der Waals surface area contributed by atoms with Crippen LogP contribution in [0.5, 0.6) is 0 Å². The topological polar surface area (TPSA) is 0 Å². The molecule has 8 rings (SSSR count). The van der Waals surface area contributed by atoms with Gasteiger partial charge >= 0.3 is 24.3 Å². The van der Waals surface area contributed by atoms with Crippen molar-refractivity contribution in [1.29, 1.82) is 0 Å². The molecule has 0 spiro atoms. The number of rotatable bonds is 7. The summed E-state index contributed by atoms with van der Waals surface area (Å²) in [5, 5.41) is 0. The third-order valence-corrected chi connectivity index (χ3v) is 20.6. The minimum Gasteiger partial charge on any atom is -0.418 e. The number of hydrogen-bond acceptors (Lipinski definition) is 0. The van der Waals surface area contributed by atoms with Gasteiger partial charge in [-0.1, -0.05) is 99.8 Å². The van der Waals surface area contributed by atoms with Crippen LogP contribution >= 0.6 is 15.8 Å². The summed E-state index contributed by atoms with van der Waals surface area (Å²) in [6, 6.07) is 0. The van der Waals surface area contributed by atoms with Crippen LogP contribution in [0.3, 0.4) is 0 Å². The summed E-state index contributed by atoms with van der Waals surface area (Å²) in [4.78, 5) is 0. The van der Waals surface area contributed by atoms with Gasteiger partial charge in [-0.25, -0.2) is 0 Å². The Morgan fingerprint density at radius 3 is 0.952 bits per heavy atom. The van der Waals surface area contributed by atoms with Crippen molar-refractivity contribution in [2.45, 2.75) is 215 Å². The van der Waals surface area contributed by atoms with Crippen LogP contribution in [-0.4, -0.2) is 35.5 Å². The smallest absolute Gasteiger partial charge is 0.418 e. The zero-order valence-corrected chi connectivity index (χ0v) is 44.1. The van der Waals surface area contributed by atoms with Crippen molar-refractivity contribution in [2.24, 2.45) is 0 Å². The predicted molar refractivity (Wildman–Crippen MR) is 253 cm³/mol. The van der Waals surface area contributed by atoms with Gasteiger partial charge in [-0.2, -0.15) is 0 Å². The van der Waals surface area contributed by atoms with Crippen LogP contribution in [0.25, 0.3) is 0 Å². The largest absolute Gasteiger partial charge is 2.00 e. The fourth-order valence-electron chi connectivity index (χ4n) is 10.3. The van der Waals surface area contributed by atoms with E-state index in [0.717, 1.165) is 28.3 Å². The van der Waals surface area contributed by atoms with E-state index < -0.39 is 7.25 Å². The van der Waals surface area contributed by atoms with Crippen molar-refractivity contribution < 1.29 is 73.3 Å². The van der Waals surface area contributed by atoms with E-state index in [9.17, 15) is 17.3 Å². The average Bonchev–Trinajstić information content (AvgIpc) is 3.96. The molecular formula is C52H80BF4FeP2Rh2+. The Labute approximate surface area is 422 Å². The number of hydrogen-bond donors (Lipinski definition) is 0. The molecule has 8 fully saturated rings. The van der Waals surface area contributed by atoms with Gasteiger partial charge in [-0.05, 0) is 240 Å². The van der Waals surface area contributed by atoms with Gasteiger partial charge in [0, 0.05) is 44.6 Å². The molecule has 0 saturated heterocycles. The first kappa shape index (κ1) is 62.4. The van der Waals surface area contributed by atoms with Crippen molar-refractivity contribution in [1.82, 2.24) is 0 Å². The first-order valence-electron chi connectivity index (χ1n) is 24.3. The Bertz CT molecular complexity index is 875. The van der Waals surface area contributed by atoms with Crippen molar-refractivity contribution >= 4 is 23.1 Å². The van der Waals surface area contributed by atoms with Crippen LogP contribution in [0, 0.1) is 114 Å². The van der Waals surface area contributed by atoms with Gasteiger partial charge < -0.3 is 17.3 Å². The Morgan fingerprint density at radius 1 is 0.419 bits per heavy atom. The fraction of sp³-hybridized carbons (Fsp3) is 0.654. The zero-order chi connectivity index (χ0) is 41.8. The van der Waals surface area contributed by atoms with Crippen LogP contribution in [-0.2, 0) is 56.0 Å². The molecular weight excluding hydrogens is 1030 g/mol. The Balaban J connectivity index is 0.000000536. The molecule has 0 bridgehead atoms. The summed E-state index contributed by atoms with van der Waals surface area (Å²) < 4.78 is 39.0. The summed E-state index contributed by atoms with van der Waals surface area (Å²) in [5.41, 5.74) is 7.01. The second-order valence-corrected chi connectivity index (χ2v) is 23.6. The molecule has 0 aromatic rings. The summed E-state index contributed by atoms with van der Waals surface area (Å²) in [6.45, 7) is 2.73. The Morgan fingerprint density at radius 2 is 0.677 bits per heavy atom. The van der Waals surface area contributed by atoms with Gasteiger partial charge in [-0.3, -0.25) is 0 Å². The van der Waals surface area contributed by atoms with Crippen molar-refractivity contribution in [3.8, 4) is 0 Å². The average molecular weight is 1120 g/mol. The minimum absolute atomic E-state index is 0. The summed E-state index contributed by atoms with van der Waals surface area (Å²) >= 11 is 0. The molecule has 62 heavy (non-hydrogen) atoms. The minimum atomic E-state index is -6.00. The molecule has 20 radical (unpaired) electrons. The summed E-state index contributed by atoms with van der Waals surface area (Å²) in [6.07, 6.45) is 76.4. The van der Waals surface area contributed by atoms with Gasteiger partial charge in [0.1, 0.15) is 0 Å². The van der Waals surface area contributed by atoms with E-state index in [2.05, 4.69) is 77.6 Å². The molecule has 0 aromatic carbocycles.